The lowest BCUT2D eigenvalue weighted by atomic mass is 10.3. The van der Waals surface area contributed by atoms with Crippen LogP contribution in [0.25, 0.3) is 0 Å². The largest absolute Gasteiger partial charge is 0.456 e. The zero-order valence-corrected chi connectivity index (χ0v) is 10.3. The van der Waals surface area contributed by atoms with E-state index in [0.29, 0.717) is 16.5 Å². The van der Waals surface area contributed by atoms with Gasteiger partial charge in [-0.15, -0.1) is 0 Å². The first-order valence-corrected chi connectivity index (χ1v) is 5.57. The number of aromatic nitrogens is 1. The van der Waals surface area contributed by atoms with Gasteiger partial charge in [0.05, 0.1) is 5.02 Å². The van der Waals surface area contributed by atoms with E-state index in [0.717, 1.165) is 4.47 Å². The molecule has 0 bridgehead atoms. The fourth-order valence-electron chi connectivity index (χ4n) is 1.13. The van der Waals surface area contributed by atoms with E-state index >= 15 is 0 Å². The summed E-state index contributed by atoms with van der Waals surface area (Å²) in [5.74, 6) is 0.234. The molecule has 5 heteroatoms. The van der Waals surface area contributed by atoms with E-state index in [1.54, 1.807) is 24.3 Å². The van der Waals surface area contributed by atoms with Crippen LogP contribution in [0.3, 0.4) is 0 Å². The SMILES string of the molecule is Fc1cc(Oc2ccc(Br)cc2Cl)ccn1. The van der Waals surface area contributed by atoms with Gasteiger partial charge < -0.3 is 4.74 Å². The van der Waals surface area contributed by atoms with Gasteiger partial charge in [-0.25, -0.2) is 4.98 Å². The van der Waals surface area contributed by atoms with Crippen molar-refractivity contribution in [3.8, 4) is 11.5 Å². The quantitative estimate of drug-likeness (QED) is 0.766. The van der Waals surface area contributed by atoms with Crippen molar-refractivity contribution in [2.45, 2.75) is 0 Å². The molecule has 0 atom stereocenters. The Morgan fingerprint density at radius 1 is 1.25 bits per heavy atom. The minimum atomic E-state index is -0.592. The summed E-state index contributed by atoms with van der Waals surface area (Å²) in [5, 5.41) is 0.451. The lowest BCUT2D eigenvalue weighted by Gasteiger charge is -2.07. The molecule has 0 aliphatic carbocycles. The van der Waals surface area contributed by atoms with E-state index in [2.05, 4.69) is 20.9 Å². The average molecular weight is 303 g/mol. The first kappa shape index (κ1) is 11.4. The zero-order chi connectivity index (χ0) is 11.5. The van der Waals surface area contributed by atoms with E-state index < -0.39 is 5.95 Å². The Kier molecular flexibility index (Phi) is 3.41. The summed E-state index contributed by atoms with van der Waals surface area (Å²) in [6.45, 7) is 0. The van der Waals surface area contributed by atoms with Crippen LogP contribution in [-0.2, 0) is 0 Å². The summed E-state index contributed by atoms with van der Waals surface area (Å²) < 4.78 is 19.1. The van der Waals surface area contributed by atoms with Gasteiger partial charge in [0.15, 0.2) is 0 Å². The topological polar surface area (TPSA) is 22.1 Å². The molecule has 0 amide bonds. The summed E-state index contributed by atoms with van der Waals surface area (Å²) in [7, 11) is 0. The van der Waals surface area contributed by atoms with Gasteiger partial charge >= 0.3 is 0 Å². The Hall–Kier alpha value is -1.13. The Morgan fingerprint density at radius 2 is 2.06 bits per heavy atom. The van der Waals surface area contributed by atoms with Crippen molar-refractivity contribution >= 4 is 27.5 Å². The van der Waals surface area contributed by atoms with Crippen LogP contribution in [0, 0.1) is 5.95 Å². The van der Waals surface area contributed by atoms with Gasteiger partial charge in [-0.2, -0.15) is 4.39 Å². The Bertz CT molecular complexity index is 521. The maximum absolute atomic E-state index is 12.8. The van der Waals surface area contributed by atoms with Gasteiger partial charge in [0, 0.05) is 16.7 Å². The Balaban J connectivity index is 2.27. The van der Waals surface area contributed by atoms with Crippen molar-refractivity contribution < 1.29 is 9.13 Å². The zero-order valence-electron chi connectivity index (χ0n) is 7.95. The molecule has 2 rings (SSSR count). The molecule has 0 aliphatic rings. The van der Waals surface area contributed by atoms with Crippen LogP contribution in [0.4, 0.5) is 4.39 Å². The molecule has 0 N–H and O–H groups in total. The molecule has 1 aromatic carbocycles. The van der Waals surface area contributed by atoms with E-state index in [1.165, 1.54) is 12.3 Å². The normalized spacial score (nSPS) is 10.2. The molecule has 16 heavy (non-hydrogen) atoms. The van der Waals surface area contributed by atoms with Gasteiger partial charge in [-0.3, -0.25) is 0 Å². The Morgan fingerprint density at radius 3 is 2.75 bits per heavy atom. The molecule has 2 nitrogen and oxygen atoms in total. The number of hydrogen-bond donors (Lipinski definition) is 0. The summed E-state index contributed by atoms with van der Waals surface area (Å²) in [6, 6.07) is 7.94. The number of rotatable bonds is 2. The van der Waals surface area contributed by atoms with Crippen molar-refractivity contribution in [3.05, 3.63) is 52.0 Å². The van der Waals surface area contributed by atoms with Crippen LogP contribution in [0.5, 0.6) is 11.5 Å². The van der Waals surface area contributed by atoms with Crippen molar-refractivity contribution in [3.63, 3.8) is 0 Å². The monoisotopic (exact) mass is 301 g/mol. The second-order valence-electron chi connectivity index (χ2n) is 2.99. The van der Waals surface area contributed by atoms with Gasteiger partial charge in [0.25, 0.3) is 0 Å². The summed E-state index contributed by atoms with van der Waals surface area (Å²) in [5.41, 5.74) is 0. The number of hydrogen-bond acceptors (Lipinski definition) is 2. The number of ether oxygens (including phenoxy) is 1. The molecule has 0 aliphatic heterocycles. The van der Waals surface area contributed by atoms with Crippen LogP contribution >= 0.6 is 27.5 Å². The highest BCUT2D eigenvalue weighted by Gasteiger charge is 2.04. The van der Waals surface area contributed by atoms with Gasteiger partial charge in [0.1, 0.15) is 11.5 Å². The third-order valence-electron chi connectivity index (χ3n) is 1.82. The van der Waals surface area contributed by atoms with Crippen molar-refractivity contribution in [1.82, 2.24) is 4.98 Å². The van der Waals surface area contributed by atoms with Crippen molar-refractivity contribution in [2.75, 3.05) is 0 Å². The molecule has 0 unspecified atom stereocenters. The smallest absolute Gasteiger partial charge is 0.216 e. The summed E-state index contributed by atoms with van der Waals surface area (Å²) >= 11 is 9.24. The van der Waals surface area contributed by atoms with E-state index in [-0.39, 0.29) is 0 Å². The summed E-state index contributed by atoms with van der Waals surface area (Å²) in [6.07, 6.45) is 1.33. The lowest BCUT2D eigenvalue weighted by molar-refractivity contribution is 0.472. The molecule has 0 saturated carbocycles. The van der Waals surface area contributed by atoms with Crippen LogP contribution in [0.15, 0.2) is 41.0 Å². The molecule has 2 aromatic rings. The molecule has 0 spiro atoms. The predicted molar refractivity (Wildman–Crippen MR) is 63.4 cm³/mol. The molecule has 0 radical (unpaired) electrons. The van der Waals surface area contributed by atoms with E-state index in [9.17, 15) is 4.39 Å². The maximum atomic E-state index is 12.8. The predicted octanol–water partition coefficient (Wildman–Crippen LogP) is 4.43. The first-order valence-electron chi connectivity index (χ1n) is 4.39. The standard InChI is InChI=1S/C11H6BrClFNO/c12-7-1-2-10(9(13)5-7)16-8-3-4-15-11(14)6-8/h1-6H. The molecule has 0 saturated heterocycles. The van der Waals surface area contributed by atoms with E-state index in [4.69, 9.17) is 16.3 Å². The fourth-order valence-corrected chi connectivity index (χ4v) is 1.85. The highest BCUT2D eigenvalue weighted by atomic mass is 79.9. The Labute approximate surface area is 105 Å². The fraction of sp³-hybridized carbons (Fsp3) is 0. The van der Waals surface area contributed by atoms with Gasteiger partial charge in [-0.1, -0.05) is 27.5 Å². The second kappa shape index (κ2) is 4.80. The van der Waals surface area contributed by atoms with Crippen molar-refractivity contribution in [2.24, 2.45) is 0 Å². The van der Waals surface area contributed by atoms with Crippen LogP contribution < -0.4 is 4.74 Å². The maximum Gasteiger partial charge on any atom is 0.216 e. The average Bonchev–Trinajstić information content (AvgIpc) is 2.22. The minimum absolute atomic E-state index is 0.358. The number of benzene rings is 1. The molecule has 1 heterocycles. The number of nitrogens with zero attached hydrogens (tertiary/aromatic N) is 1. The van der Waals surface area contributed by atoms with Gasteiger partial charge in [0.2, 0.25) is 5.95 Å². The highest BCUT2D eigenvalue weighted by Crippen LogP contribution is 2.31. The number of halogens is 3. The first-order chi connectivity index (χ1) is 7.65. The molecule has 82 valence electrons. The summed E-state index contributed by atoms with van der Waals surface area (Å²) in [4.78, 5) is 3.43. The van der Waals surface area contributed by atoms with Crippen LogP contribution in [-0.4, -0.2) is 4.98 Å². The molecular weight excluding hydrogens is 296 g/mol. The third-order valence-corrected chi connectivity index (χ3v) is 2.61. The molecular formula is C11H6BrClFNO. The van der Waals surface area contributed by atoms with Crippen molar-refractivity contribution in [1.29, 1.82) is 0 Å². The lowest BCUT2D eigenvalue weighted by Crippen LogP contribution is -1.88. The second-order valence-corrected chi connectivity index (χ2v) is 4.31. The van der Waals surface area contributed by atoms with E-state index in [1.807, 2.05) is 0 Å². The minimum Gasteiger partial charge on any atom is -0.456 e. The third kappa shape index (κ3) is 2.71. The highest BCUT2D eigenvalue weighted by molar-refractivity contribution is 9.10. The van der Waals surface area contributed by atoms with Crippen LogP contribution in [0.2, 0.25) is 5.02 Å². The van der Waals surface area contributed by atoms with Gasteiger partial charge in [-0.05, 0) is 24.3 Å². The molecule has 1 aromatic heterocycles. The number of pyridine rings is 1. The molecule has 0 fully saturated rings. The van der Waals surface area contributed by atoms with Crippen LogP contribution in [0.1, 0.15) is 0 Å².